The molecule has 0 heterocycles. The summed E-state index contributed by atoms with van der Waals surface area (Å²) in [6.07, 6.45) is 0. The van der Waals surface area contributed by atoms with E-state index in [1.165, 1.54) is 14.0 Å². The van der Waals surface area contributed by atoms with Crippen LogP contribution in [0, 0.1) is 0 Å². The van der Waals surface area contributed by atoms with E-state index in [0.29, 0.717) is 0 Å². The lowest BCUT2D eigenvalue weighted by Gasteiger charge is -2.19. The molecule has 0 spiro atoms. The van der Waals surface area contributed by atoms with Crippen molar-refractivity contribution in [3.05, 3.63) is 0 Å². The van der Waals surface area contributed by atoms with Crippen molar-refractivity contribution < 1.29 is 13.9 Å². The van der Waals surface area contributed by atoms with Gasteiger partial charge in [-0.2, -0.15) is 0 Å². The van der Waals surface area contributed by atoms with Crippen LogP contribution in [0.4, 0.5) is 4.39 Å². The highest BCUT2D eigenvalue weighted by Crippen LogP contribution is 2.07. The van der Waals surface area contributed by atoms with E-state index < -0.39 is 5.67 Å². The smallest absolute Gasteiger partial charge is 0.235 e. The van der Waals surface area contributed by atoms with Crippen molar-refractivity contribution in [3.63, 3.8) is 0 Å². The number of rotatable bonds is 5. The van der Waals surface area contributed by atoms with Crippen molar-refractivity contribution in [3.8, 4) is 0 Å². The zero-order valence-corrected chi connectivity index (χ0v) is 7.95. The Kier molecular flexibility index (Phi) is 5.17. The van der Waals surface area contributed by atoms with Gasteiger partial charge in [0.15, 0.2) is 0 Å². The highest BCUT2D eigenvalue weighted by Gasteiger charge is 2.23. The Bertz CT molecular complexity index is 152. The highest BCUT2D eigenvalue weighted by molar-refractivity contribution is 6.27. The van der Waals surface area contributed by atoms with Crippen LogP contribution in [-0.4, -0.2) is 37.7 Å². The number of hydrogen-bond donors (Lipinski definition) is 1. The van der Waals surface area contributed by atoms with E-state index in [2.05, 4.69) is 10.1 Å². The summed E-state index contributed by atoms with van der Waals surface area (Å²) in [4.78, 5) is 10.6. The zero-order valence-electron chi connectivity index (χ0n) is 7.19. The lowest BCUT2D eigenvalue weighted by Crippen LogP contribution is -2.40. The van der Waals surface area contributed by atoms with Crippen LogP contribution in [0.2, 0.25) is 0 Å². The Morgan fingerprint density at radius 3 is 2.75 bits per heavy atom. The van der Waals surface area contributed by atoms with Gasteiger partial charge in [0.2, 0.25) is 5.91 Å². The predicted molar refractivity (Wildman–Crippen MR) is 45.1 cm³/mol. The molecule has 1 N–H and O–H groups in total. The highest BCUT2D eigenvalue weighted by atomic mass is 35.5. The molecule has 0 fully saturated rings. The van der Waals surface area contributed by atoms with Crippen LogP contribution in [0.5, 0.6) is 0 Å². The number of halogens is 2. The molecule has 0 rings (SSSR count). The minimum Gasteiger partial charge on any atom is -0.381 e. The van der Waals surface area contributed by atoms with Gasteiger partial charge in [0.05, 0.1) is 13.2 Å². The Hall–Kier alpha value is -0.350. The third-order valence-corrected chi connectivity index (χ3v) is 1.46. The van der Waals surface area contributed by atoms with Crippen molar-refractivity contribution in [1.82, 2.24) is 5.32 Å². The van der Waals surface area contributed by atoms with Gasteiger partial charge in [0.1, 0.15) is 11.5 Å². The fourth-order valence-corrected chi connectivity index (χ4v) is 0.777. The number of nitrogens with one attached hydrogen (secondary N) is 1. The molecule has 1 unspecified atom stereocenters. The summed E-state index contributed by atoms with van der Waals surface area (Å²) in [5, 5.41) is 2.33. The summed E-state index contributed by atoms with van der Waals surface area (Å²) in [6, 6.07) is 0. The number of alkyl halides is 2. The predicted octanol–water partition coefficient (Wildman–Crippen LogP) is 0.716. The molecule has 0 aromatic heterocycles. The summed E-state index contributed by atoms with van der Waals surface area (Å²) in [5.41, 5.74) is -1.53. The molecular formula is C7H13ClFNO2. The Morgan fingerprint density at radius 1 is 1.75 bits per heavy atom. The molecule has 0 bridgehead atoms. The van der Waals surface area contributed by atoms with E-state index in [9.17, 15) is 9.18 Å². The van der Waals surface area contributed by atoms with Crippen molar-refractivity contribution in [2.75, 3.05) is 26.1 Å². The molecule has 0 saturated heterocycles. The summed E-state index contributed by atoms with van der Waals surface area (Å²) >= 11 is 5.19. The van der Waals surface area contributed by atoms with Crippen molar-refractivity contribution in [2.45, 2.75) is 12.6 Å². The lowest BCUT2D eigenvalue weighted by atomic mass is 10.1. The minimum atomic E-state index is -1.53. The summed E-state index contributed by atoms with van der Waals surface area (Å²) < 4.78 is 17.8. The first-order valence-electron chi connectivity index (χ1n) is 3.52. The molecule has 3 nitrogen and oxygen atoms in total. The van der Waals surface area contributed by atoms with Crippen LogP contribution in [0.15, 0.2) is 0 Å². The standard InChI is InChI=1S/C7H13ClFNO2/c1-7(9,5-12-2)4-10-6(11)3-8/h3-5H2,1-2H3,(H,10,11). The maximum Gasteiger partial charge on any atom is 0.235 e. The van der Waals surface area contributed by atoms with E-state index in [1.54, 1.807) is 0 Å². The SMILES string of the molecule is COCC(C)(F)CNC(=O)CCl. The van der Waals surface area contributed by atoms with E-state index >= 15 is 0 Å². The number of amides is 1. The zero-order chi connectivity index (χ0) is 9.61. The molecule has 0 aliphatic heterocycles. The second-order valence-electron chi connectivity index (χ2n) is 2.76. The van der Waals surface area contributed by atoms with Gasteiger partial charge in [-0.15, -0.1) is 11.6 Å². The molecule has 5 heteroatoms. The van der Waals surface area contributed by atoms with Crippen LogP contribution in [-0.2, 0) is 9.53 Å². The van der Waals surface area contributed by atoms with Gasteiger partial charge < -0.3 is 10.1 Å². The number of carbonyl (C=O) groups is 1. The minimum absolute atomic E-state index is 0.0461. The van der Waals surface area contributed by atoms with Gasteiger partial charge >= 0.3 is 0 Å². The topological polar surface area (TPSA) is 38.3 Å². The van der Waals surface area contributed by atoms with Crippen LogP contribution in [0.25, 0.3) is 0 Å². The third kappa shape index (κ3) is 5.32. The first-order valence-corrected chi connectivity index (χ1v) is 4.06. The van der Waals surface area contributed by atoms with Gasteiger partial charge in [0.25, 0.3) is 0 Å². The molecule has 0 saturated carbocycles. The molecule has 1 amide bonds. The van der Waals surface area contributed by atoms with Crippen LogP contribution >= 0.6 is 11.6 Å². The average molecular weight is 198 g/mol. The van der Waals surface area contributed by atoms with Crippen molar-refractivity contribution in [2.24, 2.45) is 0 Å². The first kappa shape index (κ1) is 11.6. The fourth-order valence-electron chi connectivity index (χ4n) is 0.682. The molecule has 0 aromatic rings. The van der Waals surface area contributed by atoms with Crippen molar-refractivity contribution >= 4 is 17.5 Å². The number of hydrogen-bond acceptors (Lipinski definition) is 2. The summed E-state index contributed by atoms with van der Waals surface area (Å²) in [6.45, 7) is 1.23. The van der Waals surface area contributed by atoms with Crippen LogP contribution in [0.1, 0.15) is 6.92 Å². The quantitative estimate of drug-likeness (QED) is 0.660. The summed E-state index contributed by atoms with van der Waals surface area (Å²) in [7, 11) is 1.40. The normalized spacial score (nSPS) is 15.3. The second kappa shape index (κ2) is 5.32. The largest absolute Gasteiger partial charge is 0.381 e. The second-order valence-corrected chi connectivity index (χ2v) is 3.02. The van der Waals surface area contributed by atoms with Crippen LogP contribution < -0.4 is 5.32 Å². The summed E-state index contributed by atoms with van der Waals surface area (Å²) in [5.74, 6) is -0.528. The van der Waals surface area contributed by atoms with E-state index in [-0.39, 0.29) is 24.9 Å². The number of carbonyl (C=O) groups excluding carboxylic acids is 1. The Balaban J connectivity index is 3.67. The van der Waals surface area contributed by atoms with Gasteiger partial charge in [-0.3, -0.25) is 4.79 Å². The van der Waals surface area contributed by atoms with Crippen molar-refractivity contribution in [1.29, 1.82) is 0 Å². The Morgan fingerprint density at radius 2 is 2.33 bits per heavy atom. The molecular weight excluding hydrogens is 185 g/mol. The average Bonchev–Trinajstić information content (AvgIpc) is 2.00. The van der Waals surface area contributed by atoms with Gasteiger partial charge in [-0.1, -0.05) is 0 Å². The van der Waals surface area contributed by atoms with Crippen LogP contribution in [0.3, 0.4) is 0 Å². The van der Waals surface area contributed by atoms with E-state index in [4.69, 9.17) is 11.6 Å². The molecule has 0 aromatic carbocycles. The molecule has 72 valence electrons. The molecule has 0 radical (unpaired) electrons. The van der Waals surface area contributed by atoms with E-state index in [0.717, 1.165) is 0 Å². The maximum atomic E-state index is 13.2. The molecule has 0 aliphatic rings. The third-order valence-electron chi connectivity index (χ3n) is 1.22. The monoisotopic (exact) mass is 197 g/mol. The van der Waals surface area contributed by atoms with E-state index in [1.807, 2.05) is 0 Å². The van der Waals surface area contributed by atoms with Gasteiger partial charge in [0, 0.05) is 7.11 Å². The van der Waals surface area contributed by atoms with Gasteiger partial charge in [-0.05, 0) is 6.92 Å². The number of methoxy groups -OCH3 is 1. The molecule has 12 heavy (non-hydrogen) atoms. The molecule has 1 atom stereocenters. The fraction of sp³-hybridized carbons (Fsp3) is 0.857. The lowest BCUT2D eigenvalue weighted by molar-refractivity contribution is -0.119. The maximum absolute atomic E-state index is 13.2. The molecule has 0 aliphatic carbocycles. The van der Waals surface area contributed by atoms with Gasteiger partial charge in [-0.25, -0.2) is 4.39 Å². The number of ether oxygens (including phenoxy) is 1. The first-order chi connectivity index (χ1) is 5.52. The Labute approximate surface area is 76.2 Å².